The summed E-state index contributed by atoms with van der Waals surface area (Å²) in [7, 11) is 1.95. The van der Waals surface area contributed by atoms with Crippen molar-refractivity contribution in [3.63, 3.8) is 0 Å². The van der Waals surface area contributed by atoms with Crippen LogP contribution in [0.5, 0.6) is 0 Å². The van der Waals surface area contributed by atoms with Crippen molar-refractivity contribution in [1.82, 2.24) is 15.1 Å². The summed E-state index contributed by atoms with van der Waals surface area (Å²) in [6.45, 7) is 4.85. The number of rotatable bonds is 5. The van der Waals surface area contributed by atoms with Crippen molar-refractivity contribution in [2.45, 2.75) is 32.9 Å². The molecule has 1 aromatic heterocycles. The number of aromatic nitrogens is 2. The molecule has 19 heavy (non-hydrogen) atoms. The number of aryl methyl sites for hydroxylation is 2. The van der Waals surface area contributed by atoms with Gasteiger partial charge in [-0.3, -0.25) is 4.68 Å². The summed E-state index contributed by atoms with van der Waals surface area (Å²) in [5.41, 5.74) is 3.19. The van der Waals surface area contributed by atoms with E-state index in [9.17, 15) is 4.39 Å². The topological polar surface area (TPSA) is 29.9 Å². The molecule has 2 aromatic rings. The lowest BCUT2D eigenvalue weighted by molar-refractivity contribution is 0.542. The lowest BCUT2D eigenvalue weighted by atomic mass is 10.1. The first-order valence-electron chi connectivity index (χ1n) is 6.60. The van der Waals surface area contributed by atoms with Crippen LogP contribution in [0.2, 0.25) is 0 Å². The summed E-state index contributed by atoms with van der Waals surface area (Å²) in [6.07, 6.45) is 0.938. The van der Waals surface area contributed by atoms with Gasteiger partial charge in [0.2, 0.25) is 0 Å². The maximum absolute atomic E-state index is 13.2. The minimum Gasteiger partial charge on any atom is -0.305 e. The summed E-state index contributed by atoms with van der Waals surface area (Å²) in [6, 6.07) is 8.91. The smallest absolute Gasteiger partial charge is 0.123 e. The van der Waals surface area contributed by atoms with E-state index in [0.29, 0.717) is 0 Å². The molecule has 0 aliphatic rings. The zero-order valence-electron chi connectivity index (χ0n) is 11.7. The van der Waals surface area contributed by atoms with Crippen LogP contribution in [-0.2, 0) is 20.0 Å². The van der Waals surface area contributed by atoms with Crippen molar-refractivity contribution in [1.29, 1.82) is 0 Å². The highest BCUT2D eigenvalue weighted by Gasteiger charge is 2.08. The normalized spacial score (nSPS) is 12.6. The second-order valence-electron chi connectivity index (χ2n) is 4.76. The van der Waals surface area contributed by atoms with E-state index in [4.69, 9.17) is 0 Å². The van der Waals surface area contributed by atoms with Crippen LogP contribution in [0.25, 0.3) is 0 Å². The Morgan fingerprint density at radius 2 is 2.16 bits per heavy atom. The molecule has 0 aliphatic carbocycles. The maximum atomic E-state index is 13.2. The van der Waals surface area contributed by atoms with Gasteiger partial charge in [-0.2, -0.15) is 5.10 Å². The lowest BCUT2D eigenvalue weighted by Crippen LogP contribution is -2.19. The van der Waals surface area contributed by atoms with Crippen molar-refractivity contribution >= 4 is 0 Å². The molecule has 0 radical (unpaired) electrons. The maximum Gasteiger partial charge on any atom is 0.123 e. The van der Waals surface area contributed by atoms with Crippen LogP contribution < -0.4 is 5.32 Å². The molecule has 1 unspecified atom stereocenters. The molecule has 3 nitrogen and oxygen atoms in total. The Morgan fingerprint density at radius 3 is 2.79 bits per heavy atom. The Bertz CT molecular complexity index is 548. The van der Waals surface area contributed by atoms with Gasteiger partial charge in [0, 0.05) is 19.6 Å². The number of nitrogens with one attached hydrogen (secondary N) is 1. The first-order chi connectivity index (χ1) is 9.10. The third kappa shape index (κ3) is 3.41. The highest BCUT2D eigenvalue weighted by Crippen LogP contribution is 2.14. The van der Waals surface area contributed by atoms with Crippen LogP contribution in [0, 0.1) is 5.82 Å². The van der Waals surface area contributed by atoms with Crippen molar-refractivity contribution in [2.75, 3.05) is 0 Å². The van der Waals surface area contributed by atoms with E-state index in [1.165, 1.54) is 6.07 Å². The lowest BCUT2D eigenvalue weighted by Gasteiger charge is -2.14. The van der Waals surface area contributed by atoms with E-state index in [1.54, 1.807) is 12.1 Å². The highest BCUT2D eigenvalue weighted by atomic mass is 19.1. The molecule has 0 amide bonds. The monoisotopic (exact) mass is 261 g/mol. The van der Waals surface area contributed by atoms with Gasteiger partial charge in [0.15, 0.2) is 0 Å². The molecule has 0 aliphatic heterocycles. The standard InChI is InChI=1S/C15H20FN3/c1-4-14-9-15(19(3)18-14)10-17-11(2)12-6-5-7-13(16)8-12/h5-9,11,17H,4,10H2,1-3H3. The Kier molecular flexibility index (Phi) is 4.32. The first-order valence-corrected chi connectivity index (χ1v) is 6.60. The van der Waals surface area contributed by atoms with E-state index in [-0.39, 0.29) is 11.9 Å². The average molecular weight is 261 g/mol. The average Bonchev–Trinajstić information content (AvgIpc) is 2.76. The molecule has 4 heteroatoms. The molecule has 0 spiro atoms. The third-order valence-corrected chi connectivity index (χ3v) is 3.33. The molecule has 1 N–H and O–H groups in total. The SMILES string of the molecule is CCc1cc(CNC(C)c2cccc(F)c2)n(C)n1. The van der Waals surface area contributed by atoms with Crippen LogP contribution in [0.4, 0.5) is 4.39 Å². The van der Waals surface area contributed by atoms with Crippen LogP contribution >= 0.6 is 0 Å². The molecular formula is C15H20FN3. The number of halogens is 1. The van der Waals surface area contributed by atoms with Gasteiger partial charge in [0.05, 0.1) is 11.4 Å². The Hall–Kier alpha value is -1.68. The van der Waals surface area contributed by atoms with Crippen molar-refractivity contribution < 1.29 is 4.39 Å². The summed E-state index contributed by atoms with van der Waals surface area (Å²) in [4.78, 5) is 0. The fourth-order valence-electron chi connectivity index (χ4n) is 2.06. The van der Waals surface area contributed by atoms with Gasteiger partial charge in [-0.25, -0.2) is 4.39 Å². The van der Waals surface area contributed by atoms with E-state index in [2.05, 4.69) is 23.4 Å². The fourth-order valence-corrected chi connectivity index (χ4v) is 2.06. The van der Waals surface area contributed by atoms with Gasteiger partial charge in [-0.05, 0) is 37.1 Å². The van der Waals surface area contributed by atoms with E-state index in [0.717, 1.165) is 29.9 Å². The predicted molar refractivity (Wildman–Crippen MR) is 74.2 cm³/mol. The third-order valence-electron chi connectivity index (χ3n) is 3.33. The number of hydrogen-bond donors (Lipinski definition) is 1. The molecule has 0 bridgehead atoms. The van der Waals surface area contributed by atoms with Crippen molar-refractivity contribution in [2.24, 2.45) is 7.05 Å². The van der Waals surface area contributed by atoms with E-state index in [1.807, 2.05) is 24.7 Å². The van der Waals surface area contributed by atoms with Crippen LogP contribution in [0.1, 0.15) is 36.8 Å². The number of nitrogens with zero attached hydrogens (tertiary/aromatic N) is 2. The molecule has 2 rings (SSSR count). The Balaban J connectivity index is 2.00. The van der Waals surface area contributed by atoms with Crippen molar-refractivity contribution in [3.05, 3.63) is 53.1 Å². The predicted octanol–water partition coefficient (Wildman–Crippen LogP) is 2.97. The van der Waals surface area contributed by atoms with Crippen molar-refractivity contribution in [3.8, 4) is 0 Å². The number of benzene rings is 1. The van der Waals surface area contributed by atoms with Crippen LogP contribution in [-0.4, -0.2) is 9.78 Å². The zero-order valence-corrected chi connectivity index (χ0v) is 11.7. The number of hydrogen-bond acceptors (Lipinski definition) is 2. The minimum atomic E-state index is -0.194. The fraction of sp³-hybridized carbons (Fsp3) is 0.400. The second-order valence-corrected chi connectivity index (χ2v) is 4.76. The van der Waals surface area contributed by atoms with Gasteiger partial charge in [0.1, 0.15) is 5.82 Å². The molecular weight excluding hydrogens is 241 g/mol. The van der Waals surface area contributed by atoms with Gasteiger partial charge >= 0.3 is 0 Å². The van der Waals surface area contributed by atoms with Crippen LogP contribution in [0.3, 0.4) is 0 Å². The quantitative estimate of drug-likeness (QED) is 0.896. The molecule has 1 heterocycles. The molecule has 1 atom stereocenters. The summed E-state index contributed by atoms with van der Waals surface area (Å²) in [5, 5.41) is 7.80. The first kappa shape index (κ1) is 13.7. The van der Waals surface area contributed by atoms with Gasteiger partial charge in [0.25, 0.3) is 0 Å². The molecule has 0 saturated carbocycles. The van der Waals surface area contributed by atoms with E-state index < -0.39 is 0 Å². The van der Waals surface area contributed by atoms with Gasteiger partial charge in [-0.15, -0.1) is 0 Å². The molecule has 1 aromatic carbocycles. The van der Waals surface area contributed by atoms with Gasteiger partial charge < -0.3 is 5.32 Å². The second kappa shape index (κ2) is 5.97. The molecule has 102 valence electrons. The Labute approximate surface area is 113 Å². The molecule has 0 fully saturated rings. The highest BCUT2D eigenvalue weighted by molar-refractivity contribution is 5.20. The summed E-state index contributed by atoms with van der Waals surface area (Å²) >= 11 is 0. The largest absolute Gasteiger partial charge is 0.305 e. The summed E-state index contributed by atoms with van der Waals surface area (Å²) in [5.74, 6) is -0.194. The Morgan fingerprint density at radius 1 is 1.37 bits per heavy atom. The van der Waals surface area contributed by atoms with Gasteiger partial charge in [-0.1, -0.05) is 19.1 Å². The van der Waals surface area contributed by atoms with E-state index >= 15 is 0 Å². The zero-order chi connectivity index (χ0) is 13.8. The van der Waals surface area contributed by atoms with Crippen LogP contribution in [0.15, 0.2) is 30.3 Å². The summed E-state index contributed by atoms with van der Waals surface area (Å²) < 4.78 is 15.1. The molecule has 0 saturated heterocycles. The minimum absolute atomic E-state index is 0.107.